The molecular weight excluding hydrogens is 280 g/mol. The van der Waals surface area contributed by atoms with E-state index < -0.39 is 6.23 Å². The number of benzene rings is 1. The van der Waals surface area contributed by atoms with Crippen molar-refractivity contribution in [3.8, 4) is 5.75 Å². The minimum atomic E-state index is -0.794. The topological polar surface area (TPSA) is 86.1 Å². The van der Waals surface area contributed by atoms with Crippen LogP contribution in [0.3, 0.4) is 0 Å². The summed E-state index contributed by atoms with van der Waals surface area (Å²) in [7, 11) is 1.89. The molecule has 0 radical (unpaired) electrons. The molecule has 0 bridgehead atoms. The molecule has 1 saturated carbocycles. The lowest BCUT2D eigenvalue weighted by Gasteiger charge is -2.20. The van der Waals surface area contributed by atoms with Gasteiger partial charge < -0.3 is 15.2 Å². The fraction of sp³-hybridized carbons (Fsp3) is 0.312. The van der Waals surface area contributed by atoms with Gasteiger partial charge in [-0.15, -0.1) is 0 Å². The monoisotopic (exact) mass is 298 g/mol. The van der Waals surface area contributed by atoms with E-state index in [1.165, 1.54) is 0 Å². The van der Waals surface area contributed by atoms with Crippen LogP contribution >= 0.6 is 0 Å². The molecule has 6 nitrogen and oxygen atoms in total. The Morgan fingerprint density at radius 2 is 2.18 bits per heavy atom. The second-order valence-electron chi connectivity index (χ2n) is 6.03. The molecule has 1 unspecified atom stereocenters. The number of aliphatic hydroxyl groups is 1. The van der Waals surface area contributed by atoms with Crippen molar-refractivity contribution in [2.75, 3.05) is 0 Å². The average molecular weight is 298 g/mol. The maximum atomic E-state index is 10.5. The normalized spacial score (nSPS) is 17.7. The molecule has 0 spiro atoms. The van der Waals surface area contributed by atoms with E-state index in [2.05, 4.69) is 15.4 Å². The van der Waals surface area contributed by atoms with Gasteiger partial charge in [0.25, 0.3) is 0 Å². The number of fused-ring (bicyclic) bond motifs is 1. The van der Waals surface area contributed by atoms with Crippen LogP contribution in [-0.4, -0.2) is 25.0 Å². The Hall–Kier alpha value is -2.31. The summed E-state index contributed by atoms with van der Waals surface area (Å²) in [5.74, 6) is 0.217. The number of hydrogen-bond donors (Lipinski definition) is 4. The third-order valence-electron chi connectivity index (χ3n) is 4.34. The first-order chi connectivity index (χ1) is 10.6. The smallest absolute Gasteiger partial charge is 0.146 e. The molecular formula is C16H18N4O2. The third-order valence-corrected chi connectivity index (χ3v) is 4.34. The van der Waals surface area contributed by atoms with Crippen LogP contribution in [0.15, 0.2) is 36.7 Å². The van der Waals surface area contributed by atoms with Gasteiger partial charge in [0.2, 0.25) is 0 Å². The number of aromatic nitrogens is 3. The van der Waals surface area contributed by atoms with Crippen LogP contribution in [0.2, 0.25) is 0 Å². The second kappa shape index (κ2) is 4.59. The summed E-state index contributed by atoms with van der Waals surface area (Å²) >= 11 is 0. The lowest BCUT2D eigenvalue weighted by Crippen LogP contribution is -2.32. The Balaban J connectivity index is 1.59. The Morgan fingerprint density at radius 3 is 2.86 bits per heavy atom. The first-order valence-corrected chi connectivity index (χ1v) is 7.32. The van der Waals surface area contributed by atoms with Gasteiger partial charge in [0, 0.05) is 35.2 Å². The van der Waals surface area contributed by atoms with Crippen LogP contribution in [0.1, 0.15) is 30.3 Å². The highest BCUT2D eigenvalue weighted by atomic mass is 16.3. The van der Waals surface area contributed by atoms with Crippen molar-refractivity contribution in [1.29, 1.82) is 0 Å². The Bertz CT molecular complexity index is 832. The van der Waals surface area contributed by atoms with Crippen molar-refractivity contribution in [3.05, 3.63) is 47.9 Å². The molecule has 1 aromatic carbocycles. The first-order valence-electron chi connectivity index (χ1n) is 7.32. The van der Waals surface area contributed by atoms with Crippen LogP contribution in [-0.2, 0) is 12.6 Å². The molecule has 6 heteroatoms. The predicted octanol–water partition coefficient (Wildman–Crippen LogP) is 1.88. The molecule has 2 heterocycles. The zero-order valence-electron chi connectivity index (χ0n) is 12.2. The number of nitrogens with one attached hydrogen (secondary N) is 2. The minimum Gasteiger partial charge on any atom is -0.508 e. The molecule has 1 fully saturated rings. The van der Waals surface area contributed by atoms with Crippen molar-refractivity contribution in [2.45, 2.75) is 24.6 Å². The number of rotatable bonds is 4. The molecule has 1 atom stereocenters. The molecule has 114 valence electrons. The molecule has 0 aliphatic heterocycles. The minimum absolute atomic E-state index is 0.187. The van der Waals surface area contributed by atoms with Gasteiger partial charge >= 0.3 is 0 Å². The molecule has 4 rings (SSSR count). The highest BCUT2D eigenvalue weighted by Crippen LogP contribution is 2.46. The molecule has 1 aliphatic rings. The fourth-order valence-corrected chi connectivity index (χ4v) is 2.94. The summed E-state index contributed by atoms with van der Waals surface area (Å²) in [6.07, 6.45) is 5.00. The second-order valence-corrected chi connectivity index (χ2v) is 6.03. The fourth-order valence-electron chi connectivity index (χ4n) is 2.94. The predicted molar refractivity (Wildman–Crippen MR) is 82.2 cm³/mol. The quantitative estimate of drug-likeness (QED) is 0.554. The van der Waals surface area contributed by atoms with Gasteiger partial charge in [0.1, 0.15) is 12.0 Å². The first kappa shape index (κ1) is 13.4. The number of nitrogens with zero attached hydrogens (tertiary/aromatic N) is 2. The van der Waals surface area contributed by atoms with E-state index in [1.807, 2.05) is 25.5 Å². The van der Waals surface area contributed by atoms with E-state index in [0.29, 0.717) is 5.69 Å². The maximum absolute atomic E-state index is 10.5. The van der Waals surface area contributed by atoms with Crippen LogP contribution in [0.4, 0.5) is 0 Å². The van der Waals surface area contributed by atoms with E-state index in [9.17, 15) is 10.2 Å². The molecule has 2 aromatic heterocycles. The van der Waals surface area contributed by atoms with Crippen LogP contribution in [0.5, 0.6) is 5.75 Å². The van der Waals surface area contributed by atoms with E-state index in [-0.39, 0.29) is 11.3 Å². The van der Waals surface area contributed by atoms with Gasteiger partial charge in [-0.1, -0.05) is 0 Å². The summed E-state index contributed by atoms with van der Waals surface area (Å²) in [4.78, 5) is 3.19. The molecule has 3 aromatic rings. The Morgan fingerprint density at radius 1 is 1.36 bits per heavy atom. The molecule has 4 N–H and O–H groups in total. The lowest BCUT2D eigenvalue weighted by molar-refractivity contribution is 0.114. The summed E-state index contributed by atoms with van der Waals surface area (Å²) in [5.41, 5.74) is 2.49. The lowest BCUT2D eigenvalue weighted by atomic mass is 10.1. The molecule has 22 heavy (non-hydrogen) atoms. The summed E-state index contributed by atoms with van der Waals surface area (Å²) in [6.45, 7) is 0. The number of phenols is 1. The summed E-state index contributed by atoms with van der Waals surface area (Å²) in [5, 5.41) is 28.4. The van der Waals surface area contributed by atoms with Crippen molar-refractivity contribution in [3.63, 3.8) is 0 Å². The van der Waals surface area contributed by atoms with E-state index in [1.54, 1.807) is 22.9 Å². The number of aryl methyl sites for hydroxylation is 1. The highest BCUT2D eigenvalue weighted by Gasteiger charge is 2.46. The van der Waals surface area contributed by atoms with Gasteiger partial charge in [-0.25, -0.2) is 0 Å². The van der Waals surface area contributed by atoms with Crippen molar-refractivity contribution in [1.82, 2.24) is 20.1 Å². The zero-order valence-corrected chi connectivity index (χ0v) is 12.2. The van der Waals surface area contributed by atoms with Gasteiger partial charge in [-0.05, 0) is 37.1 Å². The van der Waals surface area contributed by atoms with Gasteiger partial charge in [0.05, 0.1) is 11.9 Å². The molecule has 0 amide bonds. The van der Waals surface area contributed by atoms with E-state index >= 15 is 0 Å². The number of H-pyrrole nitrogens is 1. The third kappa shape index (κ3) is 2.17. The zero-order chi connectivity index (χ0) is 15.3. The van der Waals surface area contributed by atoms with Crippen LogP contribution in [0.25, 0.3) is 10.9 Å². The summed E-state index contributed by atoms with van der Waals surface area (Å²) in [6, 6.07) is 6.96. The van der Waals surface area contributed by atoms with Gasteiger partial charge in [0.15, 0.2) is 0 Å². The Labute approximate surface area is 127 Å². The number of hydrogen-bond acceptors (Lipinski definition) is 4. The number of phenolic OH excluding ortho intramolecular Hbond substituents is 1. The van der Waals surface area contributed by atoms with Crippen molar-refractivity contribution < 1.29 is 10.2 Å². The number of aromatic amines is 1. The average Bonchev–Trinajstić information content (AvgIpc) is 2.94. The summed E-state index contributed by atoms with van der Waals surface area (Å²) < 4.78 is 1.77. The largest absolute Gasteiger partial charge is 0.508 e. The van der Waals surface area contributed by atoms with Gasteiger partial charge in [-0.2, -0.15) is 5.10 Å². The van der Waals surface area contributed by atoms with Gasteiger partial charge in [-0.3, -0.25) is 10.00 Å². The van der Waals surface area contributed by atoms with Crippen LogP contribution in [0, 0.1) is 0 Å². The van der Waals surface area contributed by atoms with E-state index in [0.717, 1.165) is 29.3 Å². The van der Waals surface area contributed by atoms with Crippen LogP contribution < -0.4 is 5.32 Å². The Kier molecular flexibility index (Phi) is 2.79. The standard InChI is InChI=1S/C16H18N4O2/c1-20-9-11(8-17-20)16(4-5-16)19-15(22)14-7-10-6-12(21)2-3-13(10)18-14/h2-3,6-9,15,18-19,21-22H,4-5H2,1H3. The molecule has 0 saturated heterocycles. The SMILES string of the molecule is Cn1cc(C2(NC(O)c3cc4cc(O)ccc4[nH]3)CC2)cn1. The van der Waals surface area contributed by atoms with Crippen molar-refractivity contribution >= 4 is 10.9 Å². The van der Waals surface area contributed by atoms with E-state index in [4.69, 9.17) is 0 Å². The highest BCUT2D eigenvalue weighted by molar-refractivity contribution is 5.81. The van der Waals surface area contributed by atoms with Crippen molar-refractivity contribution in [2.24, 2.45) is 7.05 Å². The number of aromatic hydroxyl groups is 1. The molecule has 1 aliphatic carbocycles. The maximum Gasteiger partial charge on any atom is 0.146 e. The number of aliphatic hydroxyl groups excluding tert-OH is 1.